The van der Waals surface area contributed by atoms with Crippen LogP contribution in [-0.2, 0) is 22.6 Å². The fraction of sp³-hybridized carbons (Fsp3) is 0.321. The van der Waals surface area contributed by atoms with Crippen molar-refractivity contribution in [1.82, 2.24) is 10.3 Å². The van der Waals surface area contributed by atoms with Gasteiger partial charge in [0.15, 0.2) is 0 Å². The number of rotatable bonds is 6. The number of aliphatic hydroxyl groups excluding tert-OH is 1. The van der Waals surface area contributed by atoms with Gasteiger partial charge >= 0.3 is 12.2 Å². The number of ether oxygens (including phenoxy) is 2. The number of carbonyl (C=O) groups excluding carboxylic acids is 2. The second-order valence-electron chi connectivity index (χ2n) is 9.71. The minimum atomic E-state index is -0.647. The number of fused-ring (bicyclic) bond motifs is 3. The molecule has 2 aromatic carbocycles. The van der Waals surface area contributed by atoms with Crippen LogP contribution in [0.25, 0.3) is 11.1 Å². The van der Waals surface area contributed by atoms with Gasteiger partial charge in [0.2, 0.25) is 0 Å². The Bertz CT molecular complexity index is 1240. The monoisotopic (exact) mass is 489 g/mol. The number of alkyl carbamates (subject to hydrolysis) is 1. The van der Waals surface area contributed by atoms with Gasteiger partial charge in [0, 0.05) is 12.5 Å². The number of aliphatic hydroxyl groups is 1. The number of nitrogens with zero attached hydrogens (tertiary/aromatic N) is 1. The highest BCUT2D eigenvalue weighted by atomic mass is 16.6. The van der Waals surface area contributed by atoms with Gasteiger partial charge in [0.1, 0.15) is 18.0 Å². The van der Waals surface area contributed by atoms with Crippen molar-refractivity contribution in [3.8, 4) is 11.1 Å². The summed E-state index contributed by atoms with van der Waals surface area (Å²) in [4.78, 5) is 28.9. The van der Waals surface area contributed by atoms with Crippen molar-refractivity contribution in [3.63, 3.8) is 0 Å². The van der Waals surface area contributed by atoms with Crippen molar-refractivity contribution in [1.29, 1.82) is 0 Å². The van der Waals surface area contributed by atoms with Gasteiger partial charge in [-0.25, -0.2) is 14.6 Å². The topological polar surface area (TPSA) is 110 Å². The van der Waals surface area contributed by atoms with Crippen LogP contribution in [0.15, 0.2) is 54.6 Å². The summed E-state index contributed by atoms with van der Waals surface area (Å²) in [7, 11) is 0. The first kappa shape index (κ1) is 25.2. The number of anilines is 1. The molecule has 1 aliphatic rings. The molecule has 8 nitrogen and oxygen atoms in total. The average molecular weight is 490 g/mol. The van der Waals surface area contributed by atoms with E-state index in [0.29, 0.717) is 11.3 Å². The van der Waals surface area contributed by atoms with Gasteiger partial charge in [0.05, 0.1) is 12.3 Å². The van der Waals surface area contributed by atoms with Crippen LogP contribution in [0.1, 0.15) is 54.6 Å². The molecule has 1 aliphatic carbocycles. The normalized spacial score (nSPS) is 12.5. The Hall–Kier alpha value is -3.91. The van der Waals surface area contributed by atoms with Crippen LogP contribution in [0.3, 0.4) is 0 Å². The lowest BCUT2D eigenvalue weighted by molar-refractivity contribution is 0.0635. The lowest BCUT2D eigenvalue weighted by Crippen LogP contribution is -2.28. The van der Waals surface area contributed by atoms with Crippen LogP contribution in [0.4, 0.5) is 15.4 Å². The third-order valence-electron chi connectivity index (χ3n) is 5.96. The molecule has 0 saturated heterocycles. The van der Waals surface area contributed by atoms with Crippen LogP contribution < -0.4 is 10.6 Å². The fourth-order valence-electron chi connectivity index (χ4n) is 4.42. The third kappa shape index (κ3) is 5.66. The SMILES string of the molecule is Cc1cc(NC(=O)OC(C)(C)C)nc(CO)c1CNC(=O)OCC1c2ccccc2-c2ccccc21. The predicted molar refractivity (Wildman–Crippen MR) is 137 cm³/mol. The van der Waals surface area contributed by atoms with Crippen LogP contribution in [-0.4, -0.2) is 34.5 Å². The summed E-state index contributed by atoms with van der Waals surface area (Å²) in [6.07, 6.45) is -1.20. The van der Waals surface area contributed by atoms with Gasteiger partial charge in [0.25, 0.3) is 0 Å². The fourth-order valence-corrected chi connectivity index (χ4v) is 4.42. The molecule has 4 rings (SSSR count). The maximum Gasteiger partial charge on any atom is 0.413 e. The van der Waals surface area contributed by atoms with Gasteiger partial charge in [-0.3, -0.25) is 5.32 Å². The van der Waals surface area contributed by atoms with Crippen LogP contribution in [0.2, 0.25) is 0 Å². The molecule has 1 heterocycles. The van der Waals surface area contributed by atoms with Crippen molar-refractivity contribution in [2.24, 2.45) is 0 Å². The number of hydrogen-bond acceptors (Lipinski definition) is 6. The molecule has 36 heavy (non-hydrogen) atoms. The zero-order valence-electron chi connectivity index (χ0n) is 20.9. The van der Waals surface area contributed by atoms with Gasteiger partial charge < -0.3 is 19.9 Å². The summed E-state index contributed by atoms with van der Waals surface area (Å²) in [6.45, 7) is 7.09. The van der Waals surface area contributed by atoms with Crippen LogP contribution >= 0.6 is 0 Å². The average Bonchev–Trinajstić information content (AvgIpc) is 3.14. The summed E-state index contributed by atoms with van der Waals surface area (Å²) in [5.74, 6) is 0.230. The molecule has 3 aromatic rings. The van der Waals surface area contributed by atoms with Gasteiger partial charge in [-0.2, -0.15) is 0 Å². The van der Waals surface area contributed by atoms with E-state index in [1.165, 1.54) is 0 Å². The maximum atomic E-state index is 12.6. The van der Waals surface area contributed by atoms with E-state index in [0.717, 1.165) is 27.8 Å². The number of benzene rings is 2. The first-order chi connectivity index (χ1) is 17.2. The van der Waals surface area contributed by atoms with Gasteiger partial charge in [-0.05, 0) is 67.1 Å². The van der Waals surface area contributed by atoms with E-state index in [-0.39, 0.29) is 31.5 Å². The Morgan fingerprint density at radius 1 is 1.00 bits per heavy atom. The first-order valence-corrected chi connectivity index (χ1v) is 11.9. The summed E-state index contributed by atoms with van der Waals surface area (Å²) >= 11 is 0. The molecular weight excluding hydrogens is 458 g/mol. The minimum absolute atomic E-state index is 0.0298. The highest BCUT2D eigenvalue weighted by Crippen LogP contribution is 2.44. The molecule has 0 spiro atoms. The van der Waals surface area contributed by atoms with E-state index < -0.39 is 17.8 Å². The van der Waals surface area contributed by atoms with E-state index in [9.17, 15) is 14.7 Å². The zero-order valence-corrected chi connectivity index (χ0v) is 20.9. The minimum Gasteiger partial charge on any atom is -0.449 e. The molecule has 0 saturated carbocycles. The third-order valence-corrected chi connectivity index (χ3v) is 5.96. The number of aryl methyl sites for hydroxylation is 1. The quantitative estimate of drug-likeness (QED) is 0.435. The van der Waals surface area contributed by atoms with Crippen LogP contribution in [0, 0.1) is 6.92 Å². The Morgan fingerprint density at radius 3 is 2.19 bits per heavy atom. The number of hydrogen-bond donors (Lipinski definition) is 3. The number of pyridine rings is 1. The molecule has 188 valence electrons. The number of carbonyl (C=O) groups is 2. The van der Waals surface area contributed by atoms with Crippen molar-refractivity contribution in [2.45, 2.75) is 52.4 Å². The molecule has 8 heteroatoms. The molecule has 0 radical (unpaired) electrons. The Morgan fingerprint density at radius 2 is 1.61 bits per heavy atom. The molecule has 1 aromatic heterocycles. The molecule has 0 aliphatic heterocycles. The highest BCUT2D eigenvalue weighted by Gasteiger charge is 2.29. The van der Waals surface area contributed by atoms with Crippen molar-refractivity contribution < 1.29 is 24.2 Å². The molecule has 0 atom stereocenters. The largest absolute Gasteiger partial charge is 0.449 e. The molecule has 2 amide bonds. The molecule has 0 unspecified atom stereocenters. The lowest BCUT2D eigenvalue weighted by atomic mass is 9.98. The lowest BCUT2D eigenvalue weighted by Gasteiger charge is -2.20. The van der Waals surface area contributed by atoms with Crippen molar-refractivity contribution in [3.05, 3.63) is 82.5 Å². The van der Waals surface area contributed by atoms with Crippen LogP contribution in [0.5, 0.6) is 0 Å². The summed E-state index contributed by atoms with van der Waals surface area (Å²) < 4.78 is 10.8. The first-order valence-electron chi connectivity index (χ1n) is 11.9. The van der Waals surface area contributed by atoms with E-state index in [2.05, 4.69) is 39.9 Å². The van der Waals surface area contributed by atoms with E-state index in [1.807, 2.05) is 31.2 Å². The Kier molecular flexibility index (Phi) is 7.26. The second kappa shape index (κ2) is 10.4. The smallest absolute Gasteiger partial charge is 0.413 e. The number of amides is 2. The van der Waals surface area contributed by atoms with E-state index >= 15 is 0 Å². The van der Waals surface area contributed by atoms with Crippen molar-refractivity contribution in [2.75, 3.05) is 11.9 Å². The summed E-state index contributed by atoms with van der Waals surface area (Å²) in [5, 5.41) is 15.2. The van der Waals surface area contributed by atoms with E-state index in [1.54, 1.807) is 26.8 Å². The molecular formula is C28H31N3O5. The second-order valence-corrected chi connectivity index (χ2v) is 9.71. The predicted octanol–water partition coefficient (Wildman–Crippen LogP) is 5.27. The highest BCUT2D eigenvalue weighted by molar-refractivity contribution is 5.84. The number of nitrogens with one attached hydrogen (secondary N) is 2. The Balaban J connectivity index is 1.39. The zero-order chi connectivity index (χ0) is 25.9. The standard InChI is InChI=1S/C28H31N3O5/c1-17-13-25(31-27(34)36-28(2,3)4)30-24(15-32)22(17)14-29-26(33)35-16-23-20-11-7-5-9-18(20)19-10-6-8-12-21(19)23/h5-13,23,32H,14-16H2,1-4H3,(H,29,33)(H,30,31,34). The van der Waals surface area contributed by atoms with E-state index in [4.69, 9.17) is 9.47 Å². The summed E-state index contributed by atoms with van der Waals surface area (Å²) in [5.41, 5.74) is 5.71. The number of aromatic nitrogens is 1. The Labute approximate surface area is 210 Å². The molecule has 0 bridgehead atoms. The van der Waals surface area contributed by atoms with Gasteiger partial charge in [-0.1, -0.05) is 48.5 Å². The molecule has 0 fully saturated rings. The van der Waals surface area contributed by atoms with Gasteiger partial charge in [-0.15, -0.1) is 0 Å². The molecule has 3 N–H and O–H groups in total. The summed E-state index contributed by atoms with van der Waals surface area (Å²) in [6, 6.07) is 18.0. The van der Waals surface area contributed by atoms with Crippen molar-refractivity contribution >= 4 is 18.0 Å². The maximum absolute atomic E-state index is 12.6.